The third-order valence-corrected chi connectivity index (χ3v) is 2.21. The lowest BCUT2D eigenvalue weighted by Crippen LogP contribution is -2.49. The van der Waals surface area contributed by atoms with E-state index in [1.165, 1.54) is 6.92 Å². The van der Waals surface area contributed by atoms with Gasteiger partial charge in [0.1, 0.15) is 0 Å². The van der Waals surface area contributed by atoms with E-state index in [9.17, 15) is 14.4 Å². The quantitative estimate of drug-likeness (QED) is 0.490. The van der Waals surface area contributed by atoms with Gasteiger partial charge < -0.3 is 4.74 Å². The standard InChI is InChI=1S/C13H16N2O4/c1-4-19-13(18)12(17)15(14-10(3)16)11-7-5-9(2)6-8-11/h5-8H,4H2,1-3H3,(H,14,16). The molecular formula is C13H16N2O4. The van der Waals surface area contributed by atoms with Crippen molar-refractivity contribution in [1.29, 1.82) is 0 Å². The van der Waals surface area contributed by atoms with Crippen LogP contribution in [0.1, 0.15) is 19.4 Å². The molecule has 1 N–H and O–H groups in total. The zero-order valence-electron chi connectivity index (χ0n) is 11.1. The van der Waals surface area contributed by atoms with Gasteiger partial charge in [0, 0.05) is 6.92 Å². The molecule has 0 saturated carbocycles. The van der Waals surface area contributed by atoms with Gasteiger partial charge in [-0.05, 0) is 26.0 Å². The van der Waals surface area contributed by atoms with Crippen molar-refractivity contribution in [1.82, 2.24) is 5.43 Å². The number of rotatable bonds is 2. The molecule has 2 amide bonds. The average Bonchev–Trinajstić information content (AvgIpc) is 2.36. The van der Waals surface area contributed by atoms with Gasteiger partial charge in [0.05, 0.1) is 12.3 Å². The van der Waals surface area contributed by atoms with Gasteiger partial charge in [-0.15, -0.1) is 0 Å². The highest BCUT2D eigenvalue weighted by molar-refractivity contribution is 6.38. The number of benzene rings is 1. The van der Waals surface area contributed by atoms with Gasteiger partial charge in [-0.25, -0.2) is 9.80 Å². The number of ether oxygens (including phenoxy) is 1. The van der Waals surface area contributed by atoms with Crippen LogP contribution >= 0.6 is 0 Å². The summed E-state index contributed by atoms with van der Waals surface area (Å²) in [4.78, 5) is 34.5. The van der Waals surface area contributed by atoms with Crippen LogP contribution in [0.2, 0.25) is 0 Å². The fourth-order valence-electron chi connectivity index (χ4n) is 1.37. The van der Waals surface area contributed by atoms with E-state index in [4.69, 9.17) is 0 Å². The van der Waals surface area contributed by atoms with Gasteiger partial charge in [0.25, 0.3) is 0 Å². The van der Waals surface area contributed by atoms with Gasteiger partial charge in [-0.3, -0.25) is 15.0 Å². The molecule has 1 aromatic carbocycles. The molecule has 1 aromatic rings. The number of amides is 2. The Balaban J connectivity index is 3.00. The normalized spacial score (nSPS) is 9.63. The fourth-order valence-corrected chi connectivity index (χ4v) is 1.37. The van der Waals surface area contributed by atoms with Crippen molar-refractivity contribution in [2.75, 3.05) is 11.6 Å². The summed E-state index contributed by atoms with van der Waals surface area (Å²) in [5.41, 5.74) is 3.68. The fraction of sp³-hybridized carbons (Fsp3) is 0.308. The zero-order valence-corrected chi connectivity index (χ0v) is 11.1. The zero-order chi connectivity index (χ0) is 14.4. The lowest BCUT2D eigenvalue weighted by molar-refractivity contribution is -0.153. The largest absolute Gasteiger partial charge is 0.459 e. The molecule has 1 rings (SSSR count). The van der Waals surface area contributed by atoms with E-state index in [0.29, 0.717) is 5.69 Å². The highest BCUT2D eigenvalue weighted by atomic mass is 16.5. The minimum absolute atomic E-state index is 0.0897. The summed E-state index contributed by atoms with van der Waals surface area (Å²) in [6, 6.07) is 6.79. The molecule has 0 atom stereocenters. The molecule has 102 valence electrons. The van der Waals surface area contributed by atoms with Crippen LogP contribution in [-0.2, 0) is 19.1 Å². The van der Waals surface area contributed by atoms with Crippen LogP contribution in [0.25, 0.3) is 0 Å². The molecule has 0 saturated heterocycles. The van der Waals surface area contributed by atoms with Crippen molar-refractivity contribution in [2.45, 2.75) is 20.8 Å². The van der Waals surface area contributed by atoms with E-state index in [-0.39, 0.29) is 6.61 Å². The summed E-state index contributed by atoms with van der Waals surface area (Å²) in [5, 5.41) is 0.875. The molecule has 0 aliphatic heterocycles. The summed E-state index contributed by atoms with van der Waals surface area (Å²) in [7, 11) is 0. The summed E-state index contributed by atoms with van der Waals surface area (Å²) >= 11 is 0. The molecular weight excluding hydrogens is 248 g/mol. The Morgan fingerprint density at radius 1 is 1.21 bits per heavy atom. The number of anilines is 1. The van der Waals surface area contributed by atoms with Crippen LogP contribution in [0.3, 0.4) is 0 Å². The van der Waals surface area contributed by atoms with Gasteiger partial charge in [-0.2, -0.15) is 0 Å². The maximum absolute atomic E-state index is 11.9. The van der Waals surface area contributed by atoms with Crippen LogP contribution in [0.15, 0.2) is 24.3 Å². The number of hydrazine groups is 1. The van der Waals surface area contributed by atoms with E-state index >= 15 is 0 Å². The second kappa shape index (κ2) is 6.53. The molecule has 0 aliphatic rings. The third-order valence-electron chi connectivity index (χ3n) is 2.21. The predicted octanol–water partition coefficient (Wildman–Crippen LogP) is 0.942. The van der Waals surface area contributed by atoms with Gasteiger partial charge in [0.15, 0.2) is 0 Å². The maximum atomic E-state index is 11.9. The summed E-state index contributed by atoms with van der Waals surface area (Å²) in [5.74, 6) is -2.42. The lowest BCUT2D eigenvalue weighted by Gasteiger charge is -2.21. The number of aryl methyl sites for hydroxylation is 1. The van der Waals surface area contributed by atoms with E-state index in [0.717, 1.165) is 10.6 Å². The molecule has 0 spiro atoms. The molecule has 19 heavy (non-hydrogen) atoms. The van der Waals surface area contributed by atoms with Crippen molar-refractivity contribution in [3.63, 3.8) is 0 Å². The average molecular weight is 264 g/mol. The first-order valence-electron chi connectivity index (χ1n) is 5.80. The number of carbonyl (C=O) groups excluding carboxylic acids is 3. The van der Waals surface area contributed by atoms with E-state index in [1.807, 2.05) is 6.92 Å². The second-order valence-electron chi connectivity index (χ2n) is 3.86. The van der Waals surface area contributed by atoms with E-state index in [2.05, 4.69) is 10.2 Å². The van der Waals surface area contributed by atoms with Crippen molar-refractivity contribution in [2.24, 2.45) is 0 Å². The van der Waals surface area contributed by atoms with Crippen molar-refractivity contribution in [3.8, 4) is 0 Å². The Hall–Kier alpha value is -2.37. The summed E-state index contributed by atoms with van der Waals surface area (Å²) in [6.07, 6.45) is 0. The summed E-state index contributed by atoms with van der Waals surface area (Å²) in [6.45, 7) is 4.82. The molecule has 0 fully saturated rings. The lowest BCUT2D eigenvalue weighted by atomic mass is 10.2. The number of carbonyl (C=O) groups is 3. The topological polar surface area (TPSA) is 75.7 Å². The molecule has 0 heterocycles. The van der Waals surface area contributed by atoms with Crippen LogP contribution in [-0.4, -0.2) is 24.4 Å². The van der Waals surface area contributed by atoms with Crippen LogP contribution < -0.4 is 10.4 Å². The number of hydrogen-bond donors (Lipinski definition) is 1. The minimum atomic E-state index is -1.02. The molecule has 6 heteroatoms. The van der Waals surface area contributed by atoms with Crippen molar-refractivity contribution in [3.05, 3.63) is 29.8 Å². The van der Waals surface area contributed by atoms with Gasteiger partial charge >= 0.3 is 11.9 Å². The highest BCUT2D eigenvalue weighted by Gasteiger charge is 2.25. The van der Waals surface area contributed by atoms with Crippen LogP contribution in [0.4, 0.5) is 5.69 Å². The Morgan fingerprint density at radius 3 is 2.26 bits per heavy atom. The first-order chi connectivity index (χ1) is 8.95. The smallest absolute Gasteiger partial charge is 0.399 e. The van der Waals surface area contributed by atoms with Gasteiger partial charge in [0.2, 0.25) is 5.91 Å². The predicted molar refractivity (Wildman–Crippen MR) is 69.1 cm³/mol. The highest BCUT2D eigenvalue weighted by Crippen LogP contribution is 2.13. The van der Waals surface area contributed by atoms with Crippen LogP contribution in [0, 0.1) is 6.92 Å². The molecule has 0 unspecified atom stereocenters. The molecule has 0 aliphatic carbocycles. The van der Waals surface area contributed by atoms with Crippen molar-refractivity contribution < 1.29 is 19.1 Å². The number of nitrogens with zero attached hydrogens (tertiary/aromatic N) is 1. The van der Waals surface area contributed by atoms with Gasteiger partial charge in [-0.1, -0.05) is 17.7 Å². The van der Waals surface area contributed by atoms with Crippen molar-refractivity contribution >= 4 is 23.5 Å². The third kappa shape index (κ3) is 4.09. The minimum Gasteiger partial charge on any atom is -0.459 e. The maximum Gasteiger partial charge on any atom is 0.399 e. The van der Waals surface area contributed by atoms with E-state index < -0.39 is 17.8 Å². The number of hydrogen-bond acceptors (Lipinski definition) is 4. The van der Waals surface area contributed by atoms with E-state index in [1.54, 1.807) is 31.2 Å². The first kappa shape index (κ1) is 14.7. The Kier molecular flexibility index (Phi) is 5.05. The Labute approximate surface area is 111 Å². The monoisotopic (exact) mass is 264 g/mol. The molecule has 0 radical (unpaired) electrons. The second-order valence-corrected chi connectivity index (χ2v) is 3.86. The Bertz CT molecular complexity index is 482. The Morgan fingerprint density at radius 2 is 1.79 bits per heavy atom. The SMILES string of the molecule is CCOC(=O)C(=O)N(NC(C)=O)c1ccc(C)cc1. The summed E-state index contributed by atoms with van der Waals surface area (Å²) < 4.78 is 4.63. The molecule has 0 aromatic heterocycles. The number of nitrogens with one attached hydrogen (secondary N) is 1. The number of esters is 1. The molecule has 6 nitrogen and oxygen atoms in total. The van der Waals surface area contributed by atoms with Crippen LogP contribution in [0.5, 0.6) is 0 Å². The first-order valence-corrected chi connectivity index (χ1v) is 5.80. The molecule has 0 bridgehead atoms.